The molecule has 1 aromatic heterocycles. The summed E-state index contributed by atoms with van der Waals surface area (Å²) in [5.41, 5.74) is 6.57. The fourth-order valence-corrected chi connectivity index (χ4v) is 2.05. The van der Waals surface area contributed by atoms with Gasteiger partial charge in [-0.15, -0.1) is 5.10 Å². The number of nitrogen functional groups attached to an aromatic ring is 1. The number of rotatable bonds is 2. The molecule has 1 aromatic rings. The van der Waals surface area contributed by atoms with Gasteiger partial charge in [-0.05, 0) is 12.8 Å². The molecule has 2 rings (SSSR count). The molecule has 6 heteroatoms. The van der Waals surface area contributed by atoms with Crippen LogP contribution in [0.25, 0.3) is 0 Å². The Kier molecular flexibility index (Phi) is 2.95. The molecular weight excluding hydrogens is 200 g/mol. The number of aliphatic hydroxyl groups is 1. The van der Waals surface area contributed by atoms with Crippen LogP contribution in [0.15, 0.2) is 0 Å². The minimum atomic E-state index is -0.128. The summed E-state index contributed by atoms with van der Waals surface area (Å²) in [5.74, 6) is 0. The minimum absolute atomic E-state index is 0.128. The molecule has 1 aliphatic rings. The number of aliphatic hydroxyl groups excluding tert-OH is 1. The van der Waals surface area contributed by atoms with E-state index >= 15 is 0 Å². The smallest absolute Gasteiger partial charge is 0.132 e. The largest absolute Gasteiger partial charge is 0.393 e. The van der Waals surface area contributed by atoms with Gasteiger partial charge in [0.1, 0.15) is 10.7 Å². The second-order valence-electron chi connectivity index (χ2n) is 3.59. The highest BCUT2D eigenvalue weighted by Crippen LogP contribution is 2.17. The zero-order valence-electron chi connectivity index (χ0n) is 7.89. The van der Waals surface area contributed by atoms with Gasteiger partial charge in [-0.1, -0.05) is 4.49 Å². The Balaban J connectivity index is 1.89. The first-order valence-electron chi connectivity index (χ1n) is 4.73. The molecule has 0 bridgehead atoms. The molecule has 0 aliphatic carbocycles. The topological polar surface area (TPSA) is 75.3 Å². The summed E-state index contributed by atoms with van der Waals surface area (Å²) in [6, 6.07) is 0. The van der Waals surface area contributed by atoms with Crippen molar-refractivity contribution in [1.82, 2.24) is 14.5 Å². The average molecular weight is 214 g/mol. The first-order valence-corrected chi connectivity index (χ1v) is 5.50. The van der Waals surface area contributed by atoms with Crippen molar-refractivity contribution in [2.75, 3.05) is 18.8 Å². The van der Waals surface area contributed by atoms with Crippen LogP contribution in [0.3, 0.4) is 0 Å². The van der Waals surface area contributed by atoms with E-state index in [2.05, 4.69) is 14.5 Å². The van der Waals surface area contributed by atoms with Crippen molar-refractivity contribution < 1.29 is 5.11 Å². The van der Waals surface area contributed by atoms with Crippen LogP contribution in [0, 0.1) is 0 Å². The predicted octanol–water partition coefficient (Wildman–Crippen LogP) is 0.0770. The molecule has 0 amide bonds. The number of nitrogens with two attached hydrogens (primary N) is 1. The molecule has 0 saturated carbocycles. The number of anilines is 1. The second-order valence-corrected chi connectivity index (χ2v) is 4.38. The number of aromatic nitrogens is 2. The molecule has 1 saturated heterocycles. The molecule has 1 fully saturated rings. The van der Waals surface area contributed by atoms with Crippen molar-refractivity contribution >= 4 is 16.5 Å². The van der Waals surface area contributed by atoms with E-state index in [0.29, 0.717) is 5.00 Å². The third kappa shape index (κ3) is 2.20. The van der Waals surface area contributed by atoms with Crippen LogP contribution in [-0.4, -0.2) is 38.8 Å². The summed E-state index contributed by atoms with van der Waals surface area (Å²) in [7, 11) is 0. The van der Waals surface area contributed by atoms with E-state index in [1.807, 2.05) is 0 Å². The Morgan fingerprint density at radius 2 is 2.21 bits per heavy atom. The van der Waals surface area contributed by atoms with Crippen molar-refractivity contribution in [1.29, 1.82) is 0 Å². The lowest BCUT2D eigenvalue weighted by Gasteiger charge is -2.28. The average Bonchev–Trinajstić information content (AvgIpc) is 2.56. The molecule has 14 heavy (non-hydrogen) atoms. The van der Waals surface area contributed by atoms with Crippen molar-refractivity contribution in [3.63, 3.8) is 0 Å². The van der Waals surface area contributed by atoms with Gasteiger partial charge in [-0.2, -0.15) is 0 Å². The first kappa shape index (κ1) is 9.82. The molecule has 0 spiro atoms. The van der Waals surface area contributed by atoms with Crippen molar-refractivity contribution in [2.24, 2.45) is 0 Å². The lowest BCUT2D eigenvalue weighted by Crippen LogP contribution is -2.35. The fourth-order valence-electron chi connectivity index (χ4n) is 1.61. The Morgan fingerprint density at radius 3 is 2.79 bits per heavy atom. The molecule has 78 valence electrons. The predicted molar refractivity (Wildman–Crippen MR) is 54.8 cm³/mol. The van der Waals surface area contributed by atoms with E-state index < -0.39 is 0 Å². The Labute approximate surface area is 86.7 Å². The second kappa shape index (κ2) is 4.20. The van der Waals surface area contributed by atoms with E-state index in [9.17, 15) is 5.11 Å². The molecule has 0 unspecified atom stereocenters. The van der Waals surface area contributed by atoms with E-state index in [1.54, 1.807) is 0 Å². The molecule has 1 aliphatic heterocycles. The highest BCUT2D eigenvalue weighted by Gasteiger charge is 2.18. The van der Waals surface area contributed by atoms with Crippen molar-refractivity contribution in [3.05, 3.63) is 5.69 Å². The van der Waals surface area contributed by atoms with Gasteiger partial charge in [0.2, 0.25) is 0 Å². The molecule has 3 N–H and O–H groups in total. The standard InChI is InChI=1S/C8H14N4OS/c9-8-7(10-11-14-8)5-12-3-1-6(13)2-4-12/h6,13H,1-5,9H2. The van der Waals surface area contributed by atoms with Crippen LogP contribution in [0.5, 0.6) is 0 Å². The quantitative estimate of drug-likeness (QED) is 0.729. The van der Waals surface area contributed by atoms with E-state index in [1.165, 1.54) is 11.5 Å². The highest BCUT2D eigenvalue weighted by molar-refractivity contribution is 7.09. The van der Waals surface area contributed by atoms with Gasteiger partial charge in [0.05, 0.1) is 6.10 Å². The maximum Gasteiger partial charge on any atom is 0.132 e. The summed E-state index contributed by atoms with van der Waals surface area (Å²) in [4.78, 5) is 2.25. The summed E-state index contributed by atoms with van der Waals surface area (Å²) < 4.78 is 3.79. The van der Waals surface area contributed by atoms with Crippen LogP contribution >= 0.6 is 11.5 Å². The van der Waals surface area contributed by atoms with Crippen molar-refractivity contribution in [3.8, 4) is 0 Å². The fraction of sp³-hybridized carbons (Fsp3) is 0.750. The zero-order valence-corrected chi connectivity index (χ0v) is 8.70. The molecular formula is C8H14N4OS. The zero-order chi connectivity index (χ0) is 9.97. The molecule has 2 heterocycles. The van der Waals surface area contributed by atoms with Gasteiger partial charge < -0.3 is 10.8 Å². The van der Waals surface area contributed by atoms with Crippen LogP contribution in [0.2, 0.25) is 0 Å². The lowest BCUT2D eigenvalue weighted by atomic mass is 10.1. The molecule has 0 aromatic carbocycles. The van der Waals surface area contributed by atoms with Gasteiger partial charge >= 0.3 is 0 Å². The third-order valence-corrected chi connectivity index (χ3v) is 3.11. The van der Waals surface area contributed by atoms with Gasteiger partial charge in [0.25, 0.3) is 0 Å². The normalized spacial score (nSPS) is 20.1. The SMILES string of the molecule is Nc1snnc1CN1CCC(O)CC1. The minimum Gasteiger partial charge on any atom is -0.393 e. The van der Waals surface area contributed by atoms with Crippen LogP contribution < -0.4 is 5.73 Å². The lowest BCUT2D eigenvalue weighted by molar-refractivity contribution is 0.0787. The van der Waals surface area contributed by atoms with Crippen LogP contribution in [0.4, 0.5) is 5.00 Å². The number of hydrogen-bond donors (Lipinski definition) is 2. The van der Waals surface area contributed by atoms with Gasteiger partial charge in [-0.3, -0.25) is 4.90 Å². The Bertz CT molecular complexity index is 295. The maximum atomic E-state index is 9.33. The number of likely N-dealkylation sites (tertiary alicyclic amines) is 1. The number of nitrogens with zero attached hydrogens (tertiary/aromatic N) is 3. The monoisotopic (exact) mass is 214 g/mol. The number of piperidine rings is 1. The molecule has 0 radical (unpaired) electrons. The molecule has 0 atom stereocenters. The van der Waals surface area contributed by atoms with Gasteiger partial charge in [0, 0.05) is 31.2 Å². The Hall–Kier alpha value is -0.720. The summed E-state index contributed by atoms with van der Waals surface area (Å²) in [5, 5.41) is 14.0. The van der Waals surface area contributed by atoms with Crippen LogP contribution in [-0.2, 0) is 6.54 Å². The van der Waals surface area contributed by atoms with E-state index in [4.69, 9.17) is 5.73 Å². The van der Waals surface area contributed by atoms with Crippen LogP contribution in [0.1, 0.15) is 18.5 Å². The third-order valence-electron chi connectivity index (χ3n) is 2.52. The molecule has 5 nitrogen and oxygen atoms in total. The van der Waals surface area contributed by atoms with E-state index in [-0.39, 0.29) is 6.10 Å². The Morgan fingerprint density at radius 1 is 1.50 bits per heavy atom. The summed E-state index contributed by atoms with van der Waals surface area (Å²) in [6.07, 6.45) is 1.56. The number of hydrogen-bond acceptors (Lipinski definition) is 6. The van der Waals surface area contributed by atoms with E-state index in [0.717, 1.165) is 38.2 Å². The summed E-state index contributed by atoms with van der Waals surface area (Å²) in [6.45, 7) is 2.59. The summed E-state index contributed by atoms with van der Waals surface area (Å²) >= 11 is 1.23. The highest BCUT2D eigenvalue weighted by atomic mass is 32.1. The van der Waals surface area contributed by atoms with Gasteiger partial charge in [0.15, 0.2) is 0 Å². The first-order chi connectivity index (χ1) is 6.75. The maximum absolute atomic E-state index is 9.33. The van der Waals surface area contributed by atoms with Crippen molar-refractivity contribution in [2.45, 2.75) is 25.5 Å². The van der Waals surface area contributed by atoms with Gasteiger partial charge in [-0.25, -0.2) is 0 Å².